The van der Waals surface area contributed by atoms with Gasteiger partial charge in [-0.2, -0.15) is 0 Å². The summed E-state index contributed by atoms with van der Waals surface area (Å²) in [4.78, 5) is 25.2. The van der Waals surface area contributed by atoms with E-state index in [1.807, 2.05) is 24.3 Å². The van der Waals surface area contributed by atoms with Crippen molar-refractivity contribution in [2.45, 2.75) is 70.0 Å². The number of aliphatic hydroxyl groups is 1. The number of hydrogen-bond donors (Lipinski definition) is 2. The summed E-state index contributed by atoms with van der Waals surface area (Å²) in [5, 5.41) is 14.0. The van der Waals surface area contributed by atoms with Crippen molar-refractivity contribution in [2.24, 2.45) is 5.92 Å². The Balaban J connectivity index is 1.78. The third-order valence-corrected chi connectivity index (χ3v) is 5.65. The first kappa shape index (κ1) is 23.5. The third-order valence-electron chi connectivity index (χ3n) is 5.65. The number of ketones is 1. The first-order valence-corrected chi connectivity index (χ1v) is 10.7. The van der Waals surface area contributed by atoms with E-state index in [4.69, 9.17) is 18.9 Å². The Morgan fingerprint density at radius 1 is 1.26 bits per heavy atom. The van der Waals surface area contributed by atoms with Crippen LogP contribution in [0.2, 0.25) is 0 Å². The van der Waals surface area contributed by atoms with Crippen LogP contribution in [-0.4, -0.2) is 60.8 Å². The zero-order valence-corrected chi connectivity index (χ0v) is 18.7. The van der Waals surface area contributed by atoms with Crippen molar-refractivity contribution in [2.75, 3.05) is 20.3 Å². The highest BCUT2D eigenvalue weighted by atomic mass is 16.7. The van der Waals surface area contributed by atoms with Crippen molar-refractivity contribution in [3.8, 4) is 5.75 Å². The largest absolute Gasteiger partial charge is 0.497 e. The number of benzene rings is 1. The molecule has 0 aromatic heterocycles. The molecule has 1 amide bonds. The Hall–Kier alpha value is -2.16. The predicted octanol–water partition coefficient (Wildman–Crippen LogP) is 2.60. The molecule has 172 valence electrons. The SMILES string of the molecule is COc1ccc(C[C@H](NC(=O)OC(C)(C)C)[C@@H](O)[C@H]2CC3(CCC2=O)OCCO3)cc1. The molecule has 1 spiro atoms. The number of carbonyl (C=O) groups excluding carboxylic acids is 2. The average molecular weight is 436 g/mol. The number of Topliss-reactive ketones (excluding diaryl/α,β-unsaturated/α-hetero) is 1. The minimum absolute atomic E-state index is 0.0528. The highest BCUT2D eigenvalue weighted by molar-refractivity contribution is 5.83. The summed E-state index contributed by atoms with van der Waals surface area (Å²) in [7, 11) is 1.59. The maximum atomic E-state index is 12.7. The summed E-state index contributed by atoms with van der Waals surface area (Å²) in [5.74, 6) is -0.871. The van der Waals surface area contributed by atoms with Crippen LogP contribution in [0.25, 0.3) is 0 Å². The lowest BCUT2D eigenvalue weighted by Crippen LogP contribution is -2.54. The van der Waals surface area contributed by atoms with Crippen LogP contribution in [0.3, 0.4) is 0 Å². The van der Waals surface area contributed by atoms with E-state index in [-0.39, 0.29) is 18.6 Å². The highest BCUT2D eigenvalue weighted by Crippen LogP contribution is 2.39. The number of nitrogens with one attached hydrogen (secondary N) is 1. The van der Waals surface area contributed by atoms with E-state index in [1.54, 1.807) is 27.9 Å². The quantitative estimate of drug-likeness (QED) is 0.708. The van der Waals surface area contributed by atoms with Gasteiger partial charge in [-0.3, -0.25) is 4.79 Å². The number of aliphatic hydroxyl groups excluding tert-OH is 1. The van der Waals surface area contributed by atoms with Crippen LogP contribution in [0, 0.1) is 5.92 Å². The predicted molar refractivity (Wildman–Crippen MR) is 113 cm³/mol. The first-order chi connectivity index (χ1) is 14.6. The molecule has 2 aliphatic rings. The van der Waals surface area contributed by atoms with Gasteiger partial charge in [0.05, 0.1) is 38.4 Å². The first-order valence-electron chi connectivity index (χ1n) is 10.7. The third kappa shape index (κ3) is 6.18. The van der Waals surface area contributed by atoms with Crippen LogP contribution >= 0.6 is 0 Å². The van der Waals surface area contributed by atoms with Gasteiger partial charge in [-0.25, -0.2) is 4.79 Å². The lowest BCUT2D eigenvalue weighted by Gasteiger charge is -2.39. The van der Waals surface area contributed by atoms with Gasteiger partial charge in [-0.1, -0.05) is 12.1 Å². The Morgan fingerprint density at radius 2 is 1.90 bits per heavy atom. The van der Waals surface area contributed by atoms with Crippen molar-refractivity contribution in [1.82, 2.24) is 5.32 Å². The van der Waals surface area contributed by atoms with E-state index in [2.05, 4.69) is 5.32 Å². The van der Waals surface area contributed by atoms with Crippen LogP contribution in [-0.2, 0) is 25.4 Å². The van der Waals surface area contributed by atoms with Gasteiger partial charge in [-0.05, 0) is 44.9 Å². The smallest absolute Gasteiger partial charge is 0.407 e. The second kappa shape index (κ2) is 9.54. The molecule has 3 atom stereocenters. The summed E-state index contributed by atoms with van der Waals surface area (Å²) in [6.45, 7) is 6.25. The van der Waals surface area contributed by atoms with E-state index in [9.17, 15) is 14.7 Å². The van der Waals surface area contributed by atoms with Gasteiger partial charge < -0.3 is 29.4 Å². The van der Waals surface area contributed by atoms with Crippen LogP contribution in [0.4, 0.5) is 4.79 Å². The van der Waals surface area contributed by atoms with Crippen LogP contribution in [0.1, 0.15) is 45.6 Å². The van der Waals surface area contributed by atoms with Gasteiger partial charge in [0.25, 0.3) is 0 Å². The number of methoxy groups -OCH3 is 1. The molecular formula is C23H33NO7. The van der Waals surface area contributed by atoms with Crippen LogP contribution in [0.5, 0.6) is 5.75 Å². The number of carbonyl (C=O) groups is 2. The molecule has 1 aliphatic heterocycles. The van der Waals surface area contributed by atoms with E-state index >= 15 is 0 Å². The Labute approximate surface area is 183 Å². The molecule has 8 nitrogen and oxygen atoms in total. The standard InChI is InChI=1S/C23H33NO7/c1-22(2,3)31-21(27)24-18(13-15-5-7-16(28-4)8-6-15)20(26)17-14-23(10-9-19(17)25)29-11-12-30-23/h5-8,17-18,20,26H,9-14H2,1-4H3,(H,24,27)/t17-,18-,20-/m0/s1. The van der Waals surface area contributed by atoms with Crippen molar-refractivity contribution < 1.29 is 33.6 Å². The summed E-state index contributed by atoms with van der Waals surface area (Å²) < 4.78 is 22.1. The van der Waals surface area contributed by atoms with Gasteiger partial charge >= 0.3 is 6.09 Å². The molecule has 1 heterocycles. The number of hydrogen-bond acceptors (Lipinski definition) is 7. The molecule has 1 saturated heterocycles. The van der Waals surface area contributed by atoms with Gasteiger partial charge in [0.1, 0.15) is 17.1 Å². The Kier molecular flexibility index (Phi) is 7.24. The van der Waals surface area contributed by atoms with Crippen molar-refractivity contribution in [3.63, 3.8) is 0 Å². The molecule has 0 radical (unpaired) electrons. The van der Waals surface area contributed by atoms with Crippen LogP contribution in [0.15, 0.2) is 24.3 Å². The number of ether oxygens (including phenoxy) is 4. The summed E-state index contributed by atoms with van der Waals surface area (Å²) >= 11 is 0. The second-order valence-electron chi connectivity index (χ2n) is 9.18. The van der Waals surface area contributed by atoms with Gasteiger partial charge in [0.2, 0.25) is 0 Å². The number of amides is 1. The fraction of sp³-hybridized carbons (Fsp3) is 0.652. The molecule has 0 bridgehead atoms. The lowest BCUT2D eigenvalue weighted by molar-refractivity contribution is -0.196. The topological polar surface area (TPSA) is 103 Å². The fourth-order valence-electron chi connectivity index (χ4n) is 4.13. The molecular weight excluding hydrogens is 402 g/mol. The second-order valence-corrected chi connectivity index (χ2v) is 9.18. The zero-order valence-electron chi connectivity index (χ0n) is 18.7. The molecule has 31 heavy (non-hydrogen) atoms. The van der Waals surface area contributed by atoms with E-state index in [0.29, 0.717) is 31.8 Å². The maximum Gasteiger partial charge on any atom is 0.407 e. The molecule has 0 unspecified atom stereocenters. The monoisotopic (exact) mass is 435 g/mol. The summed E-state index contributed by atoms with van der Waals surface area (Å²) in [6, 6.07) is 6.62. The Morgan fingerprint density at radius 3 is 2.48 bits per heavy atom. The van der Waals surface area contributed by atoms with Crippen molar-refractivity contribution in [3.05, 3.63) is 29.8 Å². The van der Waals surface area contributed by atoms with Gasteiger partial charge in [0.15, 0.2) is 5.79 Å². The fourth-order valence-corrected chi connectivity index (χ4v) is 4.13. The molecule has 1 saturated carbocycles. The highest BCUT2D eigenvalue weighted by Gasteiger charge is 2.48. The minimum atomic E-state index is -1.12. The number of alkyl carbamates (subject to hydrolysis) is 1. The molecule has 2 N–H and O–H groups in total. The van der Waals surface area contributed by atoms with Gasteiger partial charge in [-0.15, -0.1) is 0 Å². The molecule has 3 rings (SSSR count). The molecule has 1 aliphatic carbocycles. The maximum absolute atomic E-state index is 12.7. The summed E-state index contributed by atoms with van der Waals surface area (Å²) in [6.07, 6.45) is -0.421. The lowest BCUT2D eigenvalue weighted by atomic mass is 9.77. The number of rotatable bonds is 6. The Bertz CT molecular complexity index is 765. The molecule has 2 fully saturated rings. The van der Waals surface area contributed by atoms with Crippen molar-refractivity contribution in [1.29, 1.82) is 0 Å². The van der Waals surface area contributed by atoms with E-state index in [1.165, 1.54) is 0 Å². The van der Waals surface area contributed by atoms with Crippen LogP contribution < -0.4 is 10.1 Å². The molecule has 1 aromatic carbocycles. The van der Waals surface area contributed by atoms with Crippen molar-refractivity contribution >= 4 is 11.9 Å². The van der Waals surface area contributed by atoms with Gasteiger partial charge in [0, 0.05) is 19.3 Å². The van der Waals surface area contributed by atoms with E-state index in [0.717, 1.165) is 5.56 Å². The zero-order chi connectivity index (χ0) is 22.6. The minimum Gasteiger partial charge on any atom is -0.497 e. The average Bonchev–Trinajstić information content (AvgIpc) is 3.16. The molecule has 1 aromatic rings. The summed E-state index contributed by atoms with van der Waals surface area (Å²) in [5.41, 5.74) is 0.197. The normalized spacial score (nSPS) is 22.7. The molecule has 8 heteroatoms. The van der Waals surface area contributed by atoms with E-state index < -0.39 is 35.5 Å².